The third-order valence-electron chi connectivity index (χ3n) is 4.06. The summed E-state index contributed by atoms with van der Waals surface area (Å²) in [6, 6.07) is 16.5. The Hall–Kier alpha value is -3.81. The SMILES string of the molecule is COc1ccccc1NCC(=O)NN=Cc1c(C)[nH]n(-c2ccccc2)c1=O. The van der Waals surface area contributed by atoms with Gasteiger partial charge >= 0.3 is 0 Å². The molecular weight excluding hydrogens is 358 g/mol. The maximum atomic E-state index is 12.5. The minimum absolute atomic E-state index is 0.0120. The Labute approximate surface area is 161 Å². The van der Waals surface area contributed by atoms with Crippen LogP contribution in [0.15, 0.2) is 64.5 Å². The number of hydrogen-bond donors (Lipinski definition) is 3. The fourth-order valence-corrected chi connectivity index (χ4v) is 2.65. The summed E-state index contributed by atoms with van der Waals surface area (Å²) >= 11 is 0. The van der Waals surface area contributed by atoms with Gasteiger partial charge in [0.25, 0.3) is 11.5 Å². The van der Waals surface area contributed by atoms with Crippen molar-refractivity contribution in [3.63, 3.8) is 0 Å². The Bertz CT molecular complexity index is 1040. The Morgan fingerprint density at radius 1 is 1.18 bits per heavy atom. The normalized spacial score (nSPS) is 10.8. The molecule has 1 aromatic heterocycles. The predicted octanol–water partition coefficient (Wildman–Crippen LogP) is 2.04. The molecule has 8 heteroatoms. The van der Waals surface area contributed by atoms with Crippen molar-refractivity contribution in [2.45, 2.75) is 6.92 Å². The number of carbonyl (C=O) groups is 1. The fourth-order valence-electron chi connectivity index (χ4n) is 2.65. The maximum Gasteiger partial charge on any atom is 0.280 e. The summed E-state index contributed by atoms with van der Waals surface area (Å²) in [5, 5.41) is 9.87. The molecule has 144 valence electrons. The number of hydrogen-bond acceptors (Lipinski definition) is 5. The van der Waals surface area contributed by atoms with Gasteiger partial charge in [-0.25, -0.2) is 10.1 Å². The molecule has 8 nitrogen and oxygen atoms in total. The second kappa shape index (κ2) is 8.72. The van der Waals surface area contributed by atoms with Gasteiger partial charge in [0.2, 0.25) is 0 Å². The van der Waals surface area contributed by atoms with E-state index in [4.69, 9.17) is 4.74 Å². The monoisotopic (exact) mass is 379 g/mol. The van der Waals surface area contributed by atoms with Crippen LogP contribution in [0.25, 0.3) is 5.69 Å². The first-order valence-electron chi connectivity index (χ1n) is 8.66. The molecule has 0 aliphatic carbocycles. The van der Waals surface area contributed by atoms with E-state index in [-0.39, 0.29) is 18.0 Å². The van der Waals surface area contributed by atoms with Crippen molar-refractivity contribution in [2.75, 3.05) is 19.0 Å². The van der Waals surface area contributed by atoms with Crippen LogP contribution in [0.2, 0.25) is 0 Å². The van der Waals surface area contributed by atoms with Gasteiger partial charge in [-0.1, -0.05) is 30.3 Å². The quantitative estimate of drug-likeness (QED) is 0.432. The number of benzene rings is 2. The molecule has 3 aromatic rings. The van der Waals surface area contributed by atoms with Crippen molar-refractivity contribution >= 4 is 17.8 Å². The number of aromatic amines is 1. The van der Waals surface area contributed by atoms with E-state index in [0.29, 0.717) is 22.7 Å². The number of anilines is 1. The standard InChI is InChI=1S/C20H21N5O3/c1-14-16(20(27)25(24-14)15-8-4-3-5-9-15)12-22-23-19(26)13-21-17-10-6-7-11-18(17)28-2/h3-12,21,24H,13H2,1-2H3,(H,23,26). The molecule has 1 amide bonds. The van der Waals surface area contributed by atoms with E-state index in [1.165, 1.54) is 10.9 Å². The van der Waals surface area contributed by atoms with Gasteiger partial charge in [0.05, 0.1) is 36.8 Å². The molecular formula is C20H21N5O3. The van der Waals surface area contributed by atoms with Gasteiger partial charge in [-0.3, -0.25) is 14.7 Å². The van der Waals surface area contributed by atoms with Crippen LogP contribution in [-0.2, 0) is 4.79 Å². The number of aromatic nitrogens is 2. The third-order valence-corrected chi connectivity index (χ3v) is 4.06. The Kier molecular flexibility index (Phi) is 5.91. The zero-order chi connectivity index (χ0) is 19.9. The van der Waals surface area contributed by atoms with Gasteiger partial charge < -0.3 is 10.1 Å². The van der Waals surface area contributed by atoms with Gasteiger partial charge in [-0.2, -0.15) is 5.10 Å². The molecule has 0 atom stereocenters. The summed E-state index contributed by atoms with van der Waals surface area (Å²) in [5.41, 5.74) is 4.62. The molecule has 0 saturated carbocycles. The van der Waals surface area contributed by atoms with Crippen LogP contribution in [-0.4, -0.2) is 35.6 Å². The van der Waals surface area contributed by atoms with Crippen LogP contribution in [0.3, 0.4) is 0 Å². The van der Waals surface area contributed by atoms with Crippen molar-refractivity contribution in [3.8, 4) is 11.4 Å². The second-order valence-corrected chi connectivity index (χ2v) is 5.97. The van der Waals surface area contributed by atoms with E-state index < -0.39 is 0 Å². The number of ether oxygens (including phenoxy) is 1. The molecule has 0 spiro atoms. The number of para-hydroxylation sites is 3. The lowest BCUT2D eigenvalue weighted by Gasteiger charge is -2.09. The number of nitrogens with one attached hydrogen (secondary N) is 3. The van der Waals surface area contributed by atoms with Gasteiger partial charge in [0.1, 0.15) is 5.75 Å². The highest BCUT2D eigenvalue weighted by molar-refractivity contribution is 5.85. The van der Waals surface area contributed by atoms with Crippen LogP contribution in [0.5, 0.6) is 5.75 Å². The minimum Gasteiger partial charge on any atom is -0.495 e. The van der Waals surface area contributed by atoms with Crippen molar-refractivity contribution in [1.29, 1.82) is 0 Å². The van der Waals surface area contributed by atoms with Crippen LogP contribution in [0.4, 0.5) is 5.69 Å². The Balaban J connectivity index is 1.62. The highest BCUT2D eigenvalue weighted by atomic mass is 16.5. The molecule has 0 radical (unpaired) electrons. The van der Waals surface area contributed by atoms with Gasteiger partial charge in [-0.15, -0.1) is 0 Å². The number of amides is 1. The fraction of sp³-hybridized carbons (Fsp3) is 0.150. The molecule has 0 saturated heterocycles. The zero-order valence-electron chi connectivity index (χ0n) is 15.6. The Morgan fingerprint density at radius 2 is 1.89 bits per heavy atom. The van der Waals surface area contributed by atoms with Crippen LogP contribution >= 0.6 is 0 Å². The summed E-state index contributed by atoms with van der Waals surface area (Å²) in [7, 11) is 1.56. The lowest BCUT2D eigenvalue weighted by atomic mass is 10.3. The van der Waals surface area contributed by atoms with E-state index in [9.17, 15) is 9.59 Å². The summed E-state index contributed by atoms with van der Waals surface area (Å²) in [4.78, 5) is 24.5. The first kappa shape index (κ1) is 19.0. The predicted molar refractivity (Wildman–Crippen MR) is 108 cm³/mol. The topological polar surface area (TPSA) is 101 Å². The average Bonchev–Trinajstić information content (AvgIpc) is 3.01. The number of H-pyrrole nitrogens is 1. The molecule has 28 heavy (non-hydrogen) atoms. The first-order chi connectivity index (χ1) is 13.6. The van der Waals surface area contributed by atoms with E-state index in [1.807, 2.05) is 48.5 Å². The lowest BCUT2D eigenvalue weighted by molar-refractivity contribution is -0.119. The van der Waals surface area contributed by atoms with Gasteiger partial charge in [-0.05, 0) is 31.2 Å². The number of aryl methyl sites for hydroxylation is 1. The minimum atomic E-state index is -0.348. The number of hydrazone groups is 1. The highest BCUT2D eigenvalue weighted by Crippen LogP contribution is 2.22. The van der Waals surface area contributed by atoms with Crippen molar-refractivity contribution < 1.29 is 9.53 Å². The van der Waals surface area contributed by atoms with Crippen molar-refractivity contribution in [2.24, 2.45) is 5.10 Å². The molecule has 3 rings (SSSR count). The molecule has 3 N–H and O–H groups in total. The zero-order valence-corrected chi connectivity index (χ0v) is 15.6. The molecule has 0 bridgehead atoms. The lowest BCUT2D eigenvalue weighted by Crippen LogP contribution is -2.26. The molecule has 0 aliphatic heterocycles. The van der Waals surface area contributed by atoms with Crippen LogP contribution in [0.1, 0.15) is 11.3 Å². The molecule has 0 fully saturated rings. The van der Waals surface area contributed by atoms with Gasteiger partial charge in [0.15, 0.2) is 0 Å². The molecule has 1 heterocycles. The summed E-state index contributed by atoms with van der Waals surface area (Å²) in [6.07, 6.45) is 1.34. The van der Waals surface area contributed by atoms with Gasteiger partial charge in [0, 0.05) is 5.69 Å². The first-order valence-corrected chi connectivity index (χ1v) is 8.66. The highest BCUT2D eigenvalue weighted by Gasteiger charge is 2.10. The summed E-state index contributed by atoms with van der Waals surface area (Å²) in [5.74, 6) is 0.293. The smallest absolute Gasteiger partial charge is 0.280 e. The maximum absolute atomic E-state index is 12.5. The van der Waals surface area contributed by atoms with E-state index in [1.54, 1.807) is 20.1 Å². The second-order valence-electron chi connectivity index (χ2n) is 5.97. The average molecular weight is 379 g/mol. The van der Waals surface area contributed by atoms with Crippen molar-refractivity contribution in [1.82, 2.24) is 15.2 Å². The van der Waals surface area contributed by atoms with E-state index >= 15 is 0 Å². The summed E-state index contributed by atoms with van der Waals surface area (Å²) < 4.78 is 6.65. The number of rotatable bonds is 7. The van der Waals surface area contributed by atoms with Crippen LogP contribution in [0, 0.1) is 6.92 Å². The third kappa shape index (κ3) is 4.29. The van der Waals surface area contributed by atoms with E-state index in [2.05, 4.69) is 20.9 Å². The van der Waals surface area contributed by atoms with E-state index in [0.717, 1.165) is 5.69 Å². The Morgan fingerprint density at radius 3 is 2.64 bits per heavy atom. The molecule has 0 unspecified atom stereocenters. The number of nitrogens with zero attached hydrogens (tertiary/aromatic N) is 2. The van der Waals surface area contributed by atoms with Crippen molar-refractivity contribution in [3.05, 3.63) is 76.2 Å². The largest absolute Gasteiger partial charge is 0.495 e. The van der Waals surface area contributed by atoms with Crippen LogP contribution < -0.4 is 21.0 Å². The molecule has 0 aliphatic rings. The molecule has 2 aromatic carbocycles. The number of carbonyl (C=O) groups excluding carboxylic acids is 1. The summed E-state index contributed by atoms with van der Waals surface area (Å²) in [6.45, 7) is 1.78. The number of methoxy groups -OCH3 is 1.